The van der Waals surface area contributed by atoms with Gasteiger partial charge in [0.25, 0.3) is 0 Å². The lowest BCUT2D eigenvalue weighted by Crippen LogP contribution is -2.65. The molecule has 4 heterocycles. The summed E-state index contributed by atoms with van der Waals surface area (Å²) in [6.07, 6.45) is 5.44. The summed E-state index contributed by atoms with van der Waals surface area (Å²) >= 11 is 1.11. The summed E-state index contributed by atoms with van der Waals surface area (Å²) in [7, 11) is 1.50. The van der Waals surface area contributed by atoms with E-state index in [9.17, 15) is 4.79 Å². The number of anilines is 1. The molecule has 2 aromatic rings. The van der Waals surface area contributed by atoms with Crippen molar-refractivity contribution >= 4 is 22.7 Å². The molecule has 0 aliphatic carbocycles. The zero-order valence-electron chi connectivity index (χ0n) is 13.2. The van der Waals surface area contributed by atoms with Crippen LogP contribution in [-0.4, -0.2) is 51.0 Å². The van der Waals surface area contributed by atoms with Crippen molar-refractivity contribution in [2.75, 3.05) is 25.5 Å². The van der Waals surface area contributed by atoms with E-state index < -0.39 is 0 Å². The van der Waals surface area contributed by atoms with Crippen molar-refractivity contribution in [3.63, 3.8) is 0 Å². The van der Waals surface area contributed by atoms with Crippen molar-refractivity contribution in [1.29, 1.82) is 0 Å². The van der Waals surface area contributed by atoms with Gasteiger partial charge in [-0.15, -0.1) is 4.37 Å². The second-order valence-electron chi connectivity index (χ2n) is 6.04. The SMILES string of the molecule is COc1nsc(NC(=O)N2C(c3ccncc3)CC23CCNC3)n1. The van der Waals surface area contributed by atoms with Gasteiger partial charge in [0.05, 0.1) is 18.7 Å². The summed E-state index contributed by atoms with van der Waals surface area (Å²) in [4.78, 5) is 23.0. The summed E-state index contributed by atoms with van der Waals surface area (Å²) in [5.74, 6) is 0. The van der Waals surface area contributed by atoms with Crippen LogP contribution in [-0.2, 0) is 0 Å². The number of hydrogen-bond acceptors (Lipinski definition) is 7. The van der Waals surface area contributed by atoms with Crippen LogP contribution in [0.4, 0.5) is 9.93 Å². The molecular weight excluding hydrogens is 328 g/mol. The number of amides is 2. The Labute approximate surface area is 143 Å². The number of methoxy groups -OCH3 is 1. The Kier molecular flexibility index (Phi) is 3.81. The zero-order chi connectivity index (χ0) is 16.6. The van der Waals surface area contributed by atoms with Crippen LogP contribution in [0.1, 0.15) is 24.4 Å². The smallest absolute Gasteiger partial charge is 0.329 e. The fourth-order valence-corrected chi connectivity index (χ4v) is 4.11. The number of nitrogens with zero attached hydrogens (tertiary/aromatic N) is 4. The maximum Gasteiger partial charge on any atom is 0.329 e. The molecule has 0 bridgehead atoms. The van der Waals surface area contributed by atoms with E-state index in [2.05, 4.69) is 25.0 Å². The number of aromatic nitrogens is 3. The molecule has 2 N–H and O–H groups in total. The number of carbonyl (C=O) groups is 1. The quantitative estimate of drug-likeness (QED) is 0.878. The average Bonchev–Trinajstić information content (AvgIpc) is 3.24. The second kappa shape index (κ2) is 5.99. The molecule has 4 rings (SSSR count). The molecule has 2 fully saturated rings. The molecule has 8 nitrogen and oxygen atoms in total. The van der Waals surface area contributed by atoms with E-state index in [1.165, 1.54) is 7.11 Å². The van der Waals surface area contributed by atoms with Gasteiger partial charge in [0, 0.05) is 30.5 Å². The van der Waals surface area contributed by atoms with E-state index in [0.717, 1.165) is 43.0 Å². The Morgan fingerprint density at radius 1 is 1.50 bits per heavy atom. The van der Waals surface area contributed by atoms with E-state index >= 15 is 0 Å². The molecule has 2 atom stereocenters. The van der Waals surface area contributed by atoms with Crippen molar-refractivity contribution in [3.8, 4) is 6.01 Å². The van der Waals surface area contributed by atoms with Crippen LogP contribution in [0.2, 0.25) is 0 Å². The molecule has 2 aliphatic heterocycles. The molecule has 2 saturated heterocycles. The van der Waals surface area contributed by atoms with Gasteiger partial charge in [-0.3, -0.25) is 10.3 Å². The van der Waals surface area contributed by atoms with E-state index in [1.54, 1.807) is 12.4 Å². The number of ether oxygens (including phenoxy) is 1. The normalized spacial score (nSPS) is 25.5. The third-order valence-electron chi connectivity index (χ3n) is 4.73. The highest BCUT2D eigenvalue weighted by molar-refractivity contribution is 7.10. The van der Waals surface area contributed by atoms with Crippen LogP contribution in [0.15, 0.2) is 24.5 Å². The number of hydrogen-bond donors (Lipinski definition) is 2. The van der Waals surface area contributed by atoms with Gasteiger partial charge in [-0.05, 0) is 37.1 Å². The zero-order valence-corrected chi connectivity index (χ0v) is 14.0. The number of carbonyl (C=O) groups excluding carboxylic acids is 1. The van der Waals surface area contributed by atoms with Crippen LogP contribution in [0.3, 0.4) is 0 Å². The molecule has 2 unspecified atom stereocenters. The minimum atomic E-state index is -0.148. The van der Waals surface area contributed by atoms with Gasteiger partial charge in [0.1, 0.15) is 0 Å². The lowest BCUT2D eigenvalue weighted by Gasteiger charge is -2.56. The lowest BCUT2D eigenvalue weighted by atomic mass is 9.75. The van der Waals surface area contributed by atoms with Crippen molar-refractivity contribution < 1.29 is 9.53 Å². The van der Waals surface area contributed by atoms with Crippen molar-refractivity contribution in [1.82, 2.24) is 24.6 Å². The Balaban J connectivity index is 1.56. The monoisotopic (exact) mass is 346 g/mol. The molecule has 0 radical (unpaired) electrons. The van der Waals surface area contributed by atoms with Crippen LogP contribution in [0.5, 0.6) is 6.01 Å². The number of urea groups is 1. The highest BCUT2D eigenvalue weighted by Gasteiger charge is 2.55. The third kappa shape index (κ3) is 2.49. The van der Waals surface area contributed by atoms with E-state index in [-0.39, 0.29) is 23.6 Å². The first-order chi connectivity index (χ1) is 11.7. The molecule has 0 aromatic carbocycles. The summed E-state index contributed by atoms with van der Waals surface area (Å²) in [6.45, 7) is 1.75. The molecular formula is C15H18N6O2S. The van der Waals surface area contributed by atoms with E-state index in [1.807, 2.05) is 17.0 Å². The first-order valence-corrected chi connectivity index (χ1v) is 8.58. The van der Waals surface area contributed by atoms with Gasteiger partial charge < -0.3 is 15.0 Å². The van der Waals surface area contributed by atoms with Gasteiger partial charge >= 0.3 is 12.0 Å². The van der Waals surface area contributed by atoms with E-state index in [4.69, 9.17) is 4.74 Å². The molecule has 1 spiro atoms. The summed E-state index contributed by atoms with van der Waals surface area (Å²) in [5, 5.41) is 6.67. The van der Waals surface area contributed by atoms with Crippen LogP contribution >= 0.6 is 11.5 Å². The minimum Gasteiger partial charge on any atom is -0.466 e. The van der Waals surface area contributed by atoms with Crippen LogP contribution in [0.25, 0.3) is 0 Å². The molecule has 2 amide bonds. The Morgan fingerprint density at radius 3 is 3.00 bits per heavy atom. The third-order valence-corrected chi connectivity index (χ3v) is 5.34. The number of likely N-dealkylation sites (tertiary alicyclic amines) is 1. The van der Waals surface area contributed by atoms with Crippen LogP contribution < -0.4 is 15.4 Å². The molecule has 2 aliphatic rings. The van der Waals surface area contributed by atoms with Crippen molar-refractivity contribution in [2.45, 2.75) is 24.4 Å². The maximum atomic E-state index is 12.9. The van der Waals surface area contributed by atoms with E-state index in [0.29, 0.717) is 5.13 Å². The minimum absolute atomic E-state index is 0.0581. The highest BCUT2D eigenvalue weighted by Crippen LogP contribution is 2.49. The average molecular weight is 346 g/mol. The van der Waals surface area contributed by atoms with Gasteiger partial charge in [0.15, 0.2) is 0 Å². The molecule has 24 heavy (non-hydrogen) atoms. The van der Waals surface area contributed by atoms with Gasteiger partial charge in [-0.25, -0.2) is 4.79 Å². The highest BCUT2D eigenvalue weighted by atomic mass is 32.1. The first-order valence-electron chi connectivity index (χ1n) is 7.80. The first kappa shape index (κ1) is 15.3. The maximum absolute atomic E-state index is 12.9. The summed E-state index contributed by atoms with van der Waals surface area (Å²) in [5.41, 5.74) is 0.986. The number of nitrogens with one attached hydrogen (secondary N) is 2. The number of rotatable bonds is 3. The summed E-state index contributed by atoms with van der Waals surface area (Å²) < 4.78 is 8.98. The Bertz CT molecular complexity index is 731. The predicted molar refractivity (Wildman–Crippen MR) is 89.1 cm³/mol. The fraction of sp³-hybridized carbons (Fsp3) is 0.467. The van der Waals surface area contributed by atoms with Gasteiger partial charge in [-0.2, -0.15) is 4.98 Å². The number of pyridine rings is 1. The van der Waals surface area contributed by atoms with Crippen molar-refractivity contribution in [2.24, 2.45) is 0 Å². The molecule has 126 valence electrons. The Hall–Kier alpha value is -2.26. The standard InChI is InChI=1S/C15H18N6O2S/c1-23-12-18-13(24-20-12)19-14(22)21-11(10-2-5-16-6-3-10)8-15(21)4-7-17-9-15/h2-3,5-6,11,17H,4,7-9H2,1H3,(H,18,19,20,22). The Morgan fingerprint density at radius 2 is 2.33 bits per heavy atom. The molecule has 9 heteroatoms. The van der Waals surface area contributed by atoms with Crippen LogP contribution in [0, 0.1) is 0 Å². The molecule has 2 aromatic heterocycles. The largest absolute Gasteiger partial charge is 0.466 e. The lowest BCUT2D eigenvalue weighted by molar-refractivity contribution is -0.0163. The summed E-state index contributed by atoms with van der Waals surface area (Å²) in [6, 6.07) is 4.11. The van der Waals surface area contributed by atoms with Gasteiger partial charge in [-0.1, -0.05) is 0 Å². The fourth-order valence-electron chi connectivity index (χ4n) is 3.58. The van der Waals surface area contributed by atoms with Crippen molar-refractivity contribution in [3.05, 3.63) is 30.1 Å². The van der Waals surface area contributed by atoms with Gasteiger partial charge in [0.2, 0.25) is 5.13 Å². The molecule has 0 saturated carbocycles. The topological polar surface area (TPSA) is 92.3 Å². The second-order valence-corrected chi connectivity index (χ2v) is 6.79. The predicted octanol–water partition coefficient (Wildman–Crippen LogP) is 1.65.